The Balaban J connectivity index is 2.55. The van der Waals surface area contributed by atoms with Gasteiger partial charge in [0.1, 0.15) is 5.15 Å². The number of H-pyrrole nitrogens is 1. The van der Waals surface area contributed by atoms with E-state index in [0.717, 1.165) is 15.1 Å². The van der Waals surface area contributed by atoms with Crippen molar-refractivity contribution >= 4 is 22.9 Å². The Morgan fingerprint density at radius 2 is 2.18 bits per heavy atom. The van der Waals surface area contributed by atoms with Crippen molar-refractivity contribution in [1.82, 2.24) is 14.5 Å². The van der Waals surface area contributed by atoms with Crippen LogP contribution in [-0.2, 0) is 6.54 Å². The van der Waals surface area contributed by atoms with Crippen molar-refractivity contribution in [2.45, 2.75) is 20.4 Å². The summed E-state index contributed by atoms with van der Waals surface area (Å²) >= 11 is 7.14. The van der Waals surface area contributed by atoms with Crippen LogP contribution in [0, 0.1) is 13.8 Å². The van der Waals surface area contributed by atoms with Gasteiger partial charge in [-0.25, -0.2) is 9.78 Å². The lowest BCUT2D eigenvalue weighted by Crippen LogP contribution is -2.36. The highest BCUT2D eigenvalue weighted by atomic mass is 35.5. The zero-order valence-corrected chi connectivity index (χ0v) is 10.9. The molecule has 7 heteroatoms. The molecule has 0 saturated carbocycles. The summed E-state index contributed by atoms with van der Waals surface area (Å²) in [6.07, 6.45) is 0. The Bertz CT molecular complexity index is 671. The largest absolute Gasteiger partial charge is 0.329 e. The Labute approximate surface area is 106 Å². The second-order valence-electron chi connectivity index (χ2n) is 3.62. The Hall–Kier alpha value is -1.40. The summed E-state index contributed by atoms with van der Waals surface area (Å²) in [4.78, 5) is 31.0. The monoisotopic (exact) mass is 271 g/mol. The molecule has 0 aliphatic carbocycles. The number of halogens is 1. The Kier molecular flexibility index (Phi) is 3.17. The van der Waals surface area contributed by atoms with Gasteiger partial charge in [0.15, 0.2) is 0 Å². The Morgan fingerprint density at radius 1 is 1.47 bits per heavy atom. The summed E-state index contributed by atoms with van der Waals surface area (Å²) in [6.45, 7) is 3.65. The molecule has 0 aliphatic rings. The number of hydrogen-bond donors (Lipinski definition) is 1. The van der Waals surface area contributed by atoms with Crippen molar-refractivity contribution in [1.29, 1.82) is 0 Å². The number of hydrogen-bond acceptors (Lipinski definition) is 4. The average Bonchev–Trinajstić information content (AvgIpc) is 2.67. The molecule has 0 atom stereocenters. The fourth-order valence-electron chi connectivity index (χ4n) is 1.41. The lowest BCUT2D eigenvalue weighted by molar-refractivity contribution is 0.695. The summed E-state index contributed by atoms with van der Waals surface area (Å²) in [5.41, 5.74) is 1.99. The molecule has 0 aromatic carbocycles. The van der Waals surface area contributed by atoms with Gasteiger partial charge < -0.3 is 0 Å². The van der Waals surface area contributed by atoms with Gasteiger partial charge in [0, 0.05) is 10.4 Å². The molecule has 0 unspecified atom stereocenters. The van der Waals surface area contributed by atoms with E-state index in [4.69, 9.17) is 11.6 Å². The summed E-state index contributed by atoms with van der Waals surface area (Å²) < 4.78 is 1.13. The van der Waals surface area contributed by atoms with Gasteiger partial charge in [-0.05, 0) is 13.8 Å². The van der Waals surface area contributed by atoms with Crippen molar-refractivity contribution in [3.05, 3.63) is 47.6 Å². The number of aromatic nitrogens is 3. The first-order valence-corrected chi connectivity index (χ1v) is 6.14. The van der Waals surface area contributed by atoms with Crippen molar-refractivity contribution in [3.63, 3.8) is 0 Å². The molecule has 0 fully saturated rings. The van der Waals surface area contributed by atoms with Crippen molar-refractivity contribution in [2.75, 3.05) is 0 Å². The van der Waals surface area contributed by atoms with Crippen LogP contribution in [0.15, 0.2) is 15.1 Å². The number of rotatable bonds is 2. The molecule has 0 saturated heterocycles. The standard InChI is InChI=1S/C10H10ClN3O2S/c1-5-8(11)13-10(16)14(9(5)15)3-7-6(2)12-4-17-7/h4H,3H2,1-2H3,(H,13,16). The fraction of sp³-hybridized carbons (Fsp3) is 0.300. The third-order valence-corrected chi connectivity index (χ3v) is 3.80. The van der Waals surface area contributed by atoms with E-state index >= 15 is 0 Å². The maximum absolute atomic E-state index is 11.9. The predicted octanol–water partition coefficient (Wildman–Crippen LogP) is 1.31. The quantitative estimate of drug-likeness (QED) is 0.838. The van der Waals surface area contributed by atoms with Crippen LogP contribution in [0.4, 0.5) is 0 Å². The van der Waals surface area contributed by atoms with Crippen molar-refractivity contribution < 1.29 is 0 Å². The van der Waals surface area contributed by atoms with E-state index in [1.165, 1.54) is 11.3 Å². The summed E-state index contributed by atoms with van der Waals surface area (Å²) in [7, 11) is 0. The van der Waals surface area contributed by atoms with Crippen LogP contribution in [0.1, 0.15) is 16.1 Å². The molecule has 90 valence electrons. The molecule has 5 nitrogen and oxygen atoms in total. The van der Waals surface area contributed by atoms with Crippen LogP contribution in [0.3, 0.4) is 0 Å². The van der Waals surface area contributed by atoms with Gasteiger partial charge in [-0.15, -0.1) is 11.3 Å². The number of thiazole rings is 1. The predicted molar refractivity (Wildman–Crippen MR) is 67.0 cm³/mol. The molecule has 0 radical (unpaired) electrons. The molecule has 2 aromatic rings. The van der Waals surface area contributed by atoms with Gasteiger partial charge in [0.05, 0.1) is 17.7 Å². The summed E-state index contributed by atoms with van der Waals surface area (Å²) in [5, 5.41) is 0.0947. The minimum atomic E-state index is -0.501. The highest BCUT2D eigenvalue weighted by Gasteiger charge is 2.11. The number of aromatic amines is 1. The zero-order valence-electron chi connectivity index (χ0n) is 9.28. The number of nitrogens with zero attached hydrogens (tertiary/aromatic N) is 2. The second kappa shape index (κ2) is 4.46. The van der Waals surface area contributed by atoms with Crippen LogP contribution in [0.2, 0.25) is 5.15 Å². The SMILES string of the molecule is Cc1ncsc1Cn1c(=O)[nH]c(Cl)c(C)c1=O. The molecular formula is C10H10ClN3O2S. The lowest BCUT2D eigenvalue weighted by atomic mass is 10.3. The molecule has 2 heterocycles. The molecule has 2 rings (SSSR count). The smallest absolute Gasteiger partial charge is 0.297 e. The van der Waals surface area contributed by atoms with Gasteiger partial charge >= 0.3 is 5.69 Å². The van der Waals surface area contributed by atoms with Gasteiger partial charge in [-0.3, -0.25) is 14.3 Å². The van der Waals surface area contributed by atoms with E-state index in [1.54, 1.807) is 12.4 Å². The maximum Gasteiger partial charge on any atom is 0.329 e. The van der Waals surface area contributed by atoms with Crippen LogP contribution < -0.4 is 11.2 Å². The summed E-state index contributed by atoms with van der Waals surface area (Å²) in [6, 6.07) is 0. The first-order chi connectivity index (χ1) is 8.00. The lowest BCUT2D eigenvalue weighted by Gasteiger charge is -2.05. The molecule has 0 aliphatic heterocycles. The third-order valence-electron chi connectivity index (χ3n) is 2.50. The molecule has 2 aromatic heterocycles. The molecule has 1 N–H and O–H groups in total. The van der Waals surface area contributed by atoms with Gasteiger partial charge in [0.25, 0.3) is 5.56 Å². The molecule has 17 heavy (non-hydrogen) atoms. The molecule has 0 amide bonds. The molecular weight excluding hydrogens is 262 g/mol. The van der Waals surface area contributed by atoms with E-state index in [9.17, 15) is 9.59 Å². The van der Waals surface area contributed by atoms with Gasteiger partial charge in [-0.2, -0.15) is 0 Å². The van der Waals surface area contributed by atoms with Crippen LogP contribution in [0.25, 0.3) is 0 Å². The van der Waals surface area contributed by atoms with E-state index in [0.29, 0.717) is 5.56 Å². The molecule has 0 spiro atoms. The summed E-state index contributed by atoms with van der Waals surface area (Å²) in [5.74, 6) is 0. The first-order valence-electron chi connectivity index (χ1n) is 4.89. The van der Waals surface area contributed by atoms with E-state index in [-0.39, 0.29) is 17.3 Å². The number of aryl methyl sites for hydroxylation is 1. The fourth-order valence-corrected chi connectivity index (χ4v) is 2.34. The normalized spacial score (nSPS) is 10.8. The van der Waals surface area contributed by atoms with Crippen molar-refractivity contribution in [2.24, 2.45) is 0 Å². The number of nitrogens with one attached hydrogen (secondary N) is 1. The topological polar surface area (TPSA) is 67.8 Å². The third kappa shape index (κ3) is 2.18. The zero-order chi connectivity index (χ0) is 12.6. The van der Waals surface area contributed by atoms with Crippen LogP contribution in [0.5, 0.6) is 0 Å². The van der Waals surface area contributed by atoms with E-state index in [1.807, 2.05) is 6.92 Å². The minimum absolute atomic E-state index is 0.0947. The highest BCUT2D eigenvalue weighted by molar-refractivity contribution is 7.09. The van der Waals surface area contributed by atoms with Crippen LogP contribution in [-0.4, -0.2) is 14.5 Å². The van der Waals surface area contributed by atoms with Gasteiger partial charge in [-0.1, -0.05) is 11.6 Å². The van der Waals surface area contributed by atoms with Gasteiger partial charge in [0.2, 0.25) is 0 Å². The maximum atomic E-state index is 11.9. The highest BCUT2D eigenvalue weighted by Crippen LogP contribution is 2.12. The second-order valence-corrected chi connectivity index (χ2v) is 4.94. The van der Waals surface area contributed by atoms with Crippen LogP contribution >= 0.6 is 22.9 Å². The molecule has 0 bridgehead atoms. The van der Waals surface area contributed by atoms with E-state index in [2.05, 4.69) is 9.97 Å². The Morgan fingerprint density at radius 3 is 2.76 bits per heavy atom. The first kappa shape index (κ1) is 12.1. The van der Waals surface area contributed by atoms with Crippen molar-refractivity contribution in [3.8, 4) is 0 Å². The van der Waals surface area contributed by atoms with E-state index < -0.39 is 5.69 Å². The minimum Gasteiger partial charge on any atom is -0.297 e. The average molecular weight is 272 g/mol.